The highest BCUT2D eigenvalue weighted by Crippen LogP contribution is 2.29. The summed E-state index contributed by atoms with van der Waals surface area (Å²) in [5.74, 6) is -2.79. The van der Waals surface area contributed by atoms with Crippen molar-refractivity contribution < 1.29 is 22.0 Å². The van der Waals surface area contributed by atoms with Gasteiger partial charge in [-0.05, 0) is 18.9 Å². The number of piperidine rings is 1. The van der Waals surface area contributed by atoms with Gasteiger partial charge >= 0.3 is 0 Å². The molecule has 2 heterocycles. The Hall–Kier alpha value is -1.65. The molecule has 24 heavy (non-hydrogen) atoms. The molecule has 130 valence electrons. The van der Waals surface area contributed by atoms with Gasteiger partial charge in [0.25, 0.3) is 0 Å². The Kier molecular flexibility index (Phi) is 4.54. The molecule has 1 aliphatic heterocycles. The molecule has 0 spiro atoms. The van der Waals surface area contributed by atoms with Crippen molar-refractivity contribution in [2.24, 2.45) is 5.92 Å². The molecule has 0 radical (unpaired) electrons. The van der Waals surface area contributed by atoms with Crippen molar-refractivity contribution in [2.45, 2.75) is 12.8 Å². The topological polar surface area (TPSA) is 79.4 Å². The van der Waals surface area contributed by atoms with E-state index in [1.54, 1.807) is 0 Å². The number of fused-ring (bicyclic) bond motifs is 1. The van der Waals surface area contributed by atoms with E-state index in [0.29, 0.717) is 24.1 Å². The number of amides is 1. The Morgan fingerprint density at radius 3 is 2.79 bits per heavy atom. The van der Waals surface area contributed by atoms with Crippen LogP contribution in [-0.4, -0.2) is 43.0 Å². The van der Waals surface area contributed by atoms with Crippen molar-refractivity contribution in [2.75, 3.05) is 24.7 Å². The van der Waals surface area contributed by atoms with Crippen molar-refractivity contribution in [1.29, 1.82) is 0 Å². The zero-order valence-electron chi connectivity index (χ0n) is 12.8. The van der Waals surface area contributed by atoms with Crippen LogP contribution in [0, 0.1) is 17.6 Å². The van der Waals surface area contributed by atoms with Crippen LogP contribution in [0.4, 0.5) is 13.9 Å². The number of rotatable bonds is 3. The smallest absolute Gasteiger partial charge is 0.230 e. The minimum atomic E-state index is -3.34. The van der Waals surface area contributed by atoms with E-state index >= 15 is 0 Å². The Balaban J connectivity index is 1.75. The fourth-order valence-corrected chi connectivity index (χ4v) is 4.43. The molecule has 1 saturated heterocycles. The van der Waals surface area contributed by atoms with E-state index in [1.165, 1.54) is 4.31 Å². The lowest BCUT2D eigenvalue weighted by Crippen LogP contribution is -2.43. The van der Waals surface area contributed by atoms with Gasteiger partial charge in [0, 0.05) is 19.2 Å². The lowest BCUT2D eigenvalue weighted by molar-refractivity contribution is -0.120. The van der Waals surface area contributed by atoms with Crippen LogP contribution < -0.4 is 5.32 Å². The first-order chi connectivity index (χ1) is 11.2. The molecule has 1 aromatic heterocycles. The standard InChI is InChI=1S/C14H15F2N3O3S2/c1-24(21,22)19-4-2-3-8(7-19)13(20)18-14-17-11-5-9(15)10(16)6-12(11)23-14/h5-6,8H,2-4,7H2,1H3,(H,17,18,20)/t8-/m1/s1. The number of carbonyl (C=O) groups excluding carboxylic acids is 1. The van der Waals surface area contributed by atoms with Gasteiger partial charge in [-0.15, -0.1) is 0 Å². The molecule has 1 fully saturated rings. The van der Waals surface area contributed by atoms with Crippen molar-refractivity contribution in [3.8, 4) is 0 Å². The van der Waals surface area contributed by atoms with Crippen LogP contribution in [0.15, 0.2) is 12.1 Å². The van der Waals surface area contributed by atoms with Crippen LogP contribution in [-0.2, 0) is 14.8 Å². The highest BCUT2D eigenvalue weighted by Gasteiger charge is 2.30. The fourth-order valence-electron chi connectivity index (χ4n) is 2.64. The van der Waals surface area contributed by atoms with Gasteiger partial charge < -0.3 is 5.32 Å². The summed E-state index contributed by atoms with van der Waals surface area (Å²) in [4.78, 5) is 16.4. The summed E-state index contributed by atoms with van der Waals surface area (Å²) in [5.41, 5.74) is 0.260. The summed E-state index contributed by atoms with van der Waals surface area (Å²) < 4.78 is 51.3. The number of nitrogens with zero attached hydrogens (tertiary/aromatic N) is 2. The Morgan fingerprint density at radius 1 is 1.38 bits per heavy atom. The molecule has 2 aromatic rings. The molecule has 0 bridgehead atoms. The first kappa shape index (κ1) is 17.2. The van der Waals surface area contributed by atoms with Gasteiger partial charge in [0.2, 0.25) is 15.9 Å². The third-order valence-corrected chi connectivity index (χ3v) is 6.09. The van der Waals surface area contributed by atoms with Gasteiger partial charge in [-0.3, -0.25) is 4.79 Å². The molecule has 6 nitrogen and oxygen atoms in total. The molecule has 0 aliphatic carbocycles. The number of nitrogens with one attached hydrogen (secondary N) is 1. The van der Waals surface area contributed by atoms with Gasteiger partial charge in [0.05, 0.1) is 22.4 Å². The first-order valence-electron chi connectivity index (χ1n) is 7.25. The van der Waals surface area contributed by atoms with E-state index in [9.17, 15) is 22.0 Å². The first-order valence-corrected chi connectivity index (χ1v) is 9.92. The van der Waals surface area contributed by atoms with Crippen LogP contribution in [0.1, 0.15) is 12.8 Å². The van der Waals surface area contributed by atoms with Gasteiger partial charge in [0.1, 0.15) is 0 Å². The maximum absolute atomic E-state index is 13.2. The van der Waals surface area contributed by atoms with Crippen LogP contribution in [0.5, 0.6) is 0 Å². The van der Waals surface area contributed by atoms with Crippen molar-refractivity contribution in [1.82, 2.24) is 9.29 Å². The predicted molar refractivity (Wildman–Crippen MR) is 87.3 cm³/mol. The van der Waals surface area contributed by atoms with E-state index in [0.717, 1.165) is 29.7 Å². The van der Waals surface area contributed by atoms with Gasteiger partial charge in [-0.1, -0.05) is 11.3 Å². The molecule has 1 aliphatic rings. The number of anilines is 1. The molecule has 0 saturated carbocycles. The predicted octanol–water partition coefficient (Wildman–Crippen LogP) is 2.18. The third kappa shape index (κ3) is 3.55. The average molecular weight is 375 g/mol. The van der Waals surface area contributed by atoms with Gasteiger partial charge in [-0.25, -0.2) is 26.5 Å². The molecule has 3 rings (SSSR count). The number of aromatic nitrogens is 1. The van der Waals surface area contributed by atoms with Gasteiger partial charge in [-0.2, -0.15) is 0 Å². The van der Waals surface area contributed by atoms with Gasteiger partial charge in [0.15, 0.2) is 16.8 Å². The van der Waals surface area contributed by atoms with E-state index in [1.807, 2.05) is 0 Å². The summed E-state index contributed by atoms with van der Waals surface area (Å²) in [6.07, 6.45) is 2.29. The fraction of sp³-hybridized carbons (Fsp3) is 0.429. The van der Waals surface area contributed by atoms with E-state index in [4.69, 9.17) is 0 Å². The van der Waals surface area contributed by atoms with Crippen molar-refractivity contribution in [3.05, 3.63) is 23.8 Å². The molecule has 1 aromatic carbocycles. The summed E-state index contributed by atoms with van der Waals surface area (Å²) in [6.45, 7) is 0.529. The lowest BCUT2D eigenvalue weighted by Gasteiger charge is -2.29. The molecule has 10 heteroatoms. The quantitative estimate of drug-likeness (QED) is 0.892. The number of hydrogen-bond donors (Lipinski definition) is 1. The molecular weight excluding hydrogens is 360 g/mol. The van der Waals surface area contributed by atoms with Crippen LogP contribution >= 0.6 is 11.3 Å². The molecule has 1 N–H and O–H groups in total. The number of halogens is 2. The Morgan fingerprint density at radius 2 is 2.08 bits per heavy atom. The highest BCUT2D eigenvalue weighted by atomic mass is 32.2. The number of carbonyl (C=O) groups is 1. The number of sulfonamides is 1. The second-order valence-corrected chi connectivity index (χ2v) is 8.72. The summed E-state index contributed by atoms with van der Waals surface area (Å²) in [5, 5.41) is 2.85. The normalized spacial score (nSPS) is 19.5. The molecule has 1 atom stereocenters. The van der Waals surface area contributed by atoms with E-state index in [-0.39, 0.29) is 23.1 Å². The summed E-state index contributed by atoms with van der Waals surface area (Å²) in [7, 11) is -3.34. The van der Waals surface area contributed by atoms with Crippen molar-refractivity contribution >= 4 is 42.6 Å². The maximum Gasteiger partial charge on any atom is 0.230 e. The lowest BCUT2D eigenvalue weighted by atomic mass is 9.99. The highest BCUT2D eigenvalue weighted by molar-refractivity contribution is 7.88. The minimum Gasteiger partial charge on any atom is -0.302 e. The van der Waals surface area contributed by atoms with Crippen molar-refractivity contribution in [3.63, 3.8) is 0 Å². The Labute approximate surface area is 141 Å². The number of benzene rings is 1. The average Bonchev–Trinajstić information content (AvgIpc) is 2.88. The summed E-state index contributed by atoms with van der Waals surface area (Å²) >= 11 is 1.04. The number of thiazole rings is 1. The SMILES string of the molecule is CS(=O)(=O)N1CCC[C@@H](C(=O)Nc2nc3cc(F)c(F)cc3s2)C1. The molecule has 1 amide bonds. The van der Waals surface area contributed by atoms with Crippen LogP contribution in [0.2, 0.25) is 0 Å². The zero-order chi connectivity index (χ0) is 17.5. The molecule has 0 unspecified atom stereocenters. The summed E-state index contributed by atoms with van der Waals surface area (Å²) in [6, 6.07) is 2.01. The Bertz CT molecular complexity index is 859. The van der Waals surface area contributed by atoms with E-state index in [2.05, 4.69) is 10.3 Å². The second-order valence-electron chi connectivity index (χ2n) is 5.70. The second kappa shape index (κ2) is 6.34. The minimum absolute atomic E-state index is 0.124. The molecular formula is C14H15F2N3O3S2. The third-order valence-electron chi connectivity index (χ3n) is 3.88. The largest absolute Gasteiger partial charge is 0.302 e. The zero-order valence-corrected chi connectivity index (χ0v) is 14.4. The van der Waals surface area contributed by atoms with E-state index < -0.39 is 27.6 Å². The number of hydrogen-bond acceptors (Lipinski definition) is 5. The van der Waals surface area contributed by atoms with Crippen LogP contribution in [0.25, 0.3) is 10.2 Å². The monoisotopic (exact) mass is 375 g/mol. The maximum atomic E-state index is 13.2. The van der Waals surface area contributed by atoms with Crippen LogP contribution in [0.3, 0.4) is 0 Å².